The van der Waals surface area contributed by atoms with Crippen molar-refractivity contribution in [2.45, 2.75) is 19.2 Å². The molecule has 6 nitrogen and oxygen atoms in total. The van der Waals surface area contributed by atoms with Crippen LogP contribution in [-0.4, -0.2) is 36.0 Å². The van der Waals surface area contributed by atoms with Crippen molar-refractivity contribution >= 4 is 22.4 Å². The highest BCUT2D eigenvalue weighted by Gasteiger charge is 2.30. The summed E-state index contributed by atoms with van der Waals surface area (Å²) in [4.78, 5) is 8.92. The van der Waals surface area contributed by atoms with Crippen LogP contribution in [0, 0.1) is 5.92 Å². The molecule has 30 heavy (non-hydrogen) atoms. The van der Waals surface area contributed by atoms with Crippen molar-refractivity contribution in [3.8, 4) is 11.6 Å². The fourth-order valence-electron chi connectivity index (χ4n) is 3.30. The number of anilines is 2. The number of nitrogens with zero attached hydrogens (tertiary/aromatic N) is 2. The Morgan fingerprint density at radius 1 is 1.00 bits per heavy atom. The van der Waals surface area contributed by atoms with E-state index in [0.717, 1.165) is 37.1 Å². The van der Waals surface area contributed by atoms with Crippen LogP contribution < -0.4 is 20.1 Å². The first-order chi connectivity index (χ1) is 14.4. The number of hydrogen-bond acceptors (Lipinski definition) is 6. The first-order valence-electron chi connectivity index (χ1n) is 9.68. The van der Waals surface area contributed by atoms with Gasteiger partial charge in [-0.2, -0.15) is 0 Å². The molecule has 1 aliphatic rings. The van der Waals surface area contributed by atoms with Crippen molar-refractivity contribution in [2.75, 3.05) is 25.0 Å². The minimum atomic E-state index is -4.71. The maximum Gasteiger partial charge on any atom is 0.573 e. The highest BCUT2D eigenvalue weighted by molar-refractivity contribution is 5.80. The third kappa shape index (κ3) is 5.50. The van der Waals surface area contributed by atoms with Crippen LogP contribution in [0.4, 0.5) is 24.5 Å². The van der Waals surface area contributed by atoms with Crippen LogP contribution in [0.1, 0.15) is 12.8 Å². The van der Waals surface area contributed by atoms with Crippen molar-refractivity contribution in [1.82, 2.24) is 15.3 Å². The highest BCUT2D eigenvalue weighted by atomic mass is 19.4. The van der Waals surface area contributed by atoms with Crippen LogP contribution in [0.5, 0.6) is 11.6 Å². The molecule has 1 aromatic heterocycles. The number of benzene rings is 2. The van der Waals surface area contributed by atoms with E-state index < -0.39 is 6.36 Å². The Labute approximate surface area is 171 Å². The summed E-state index contributed by atoms with van der Waals surface area (Å²) in [6.45, 7) is 2.64. The molecule has 0 aliphatic carbocycles. The second kappa shape index (κ2) is 8.74. The van der Waals surface area contributed by atoms with E-state index in [1.165, 1.54) is 24.3 Å². The quantitative estimate of drug-likeness (QED) is 0.607. The van der Waals surface area contributed by atoms with Crippen LogP contribution in [0.2, 0.25) is 0 Å². The number of rotatable bonds is 6. The minimum Gasteiger partial charge on any atom is -0.476 e. The van der Waals surface area contributed by atoms with E-state index in [4.69, 9.17) is 4.74 Å². The van der Waals surface area contributed by atoms with E-state index in [1.54, 1.807) is 6.20 Å². The van der Waals surface area contributed by atoms with Gasteiger partial charge < -0.3 is 20.1 Å². The molecule has 0 radical (unpaired) electrons. The molecule has 9 heteroatoms. The number of aromatic nitrogens is 2. The van der Waals surface area contributed by atoms with Crippen molar-refractivity contribution in [3.05, 3.63) is 48.7 Å². The van der Waals surface area contributed by atoms with Crippen molar-refractivity contribution < 1.29 is 22.6 Å². The van der Waals surface area contributed by atoms with Gasteiger partial charge in [-0.1, -0.05) is 0 Å². The third-order valence-electron chi connectivity index (χ3n) is 4.82. The summed E-state index contributed by atoms with van der Waals surface area (Å²) in [5.41, 5.74) is 2.75. The van der Waals surface area contributed by atoms with Crippen molar-refractivity contribution in [2.24, 2.45) is 5.92 Å². The maximum absolute atomic E-state index is 12.3. The predicted molar refractivity (Wildman–Crippen MR) is 107 cm³/mol. The van der Waals surface area contributed by atoms with Gasteiger partial charge in [0.25, 0.3) is 0 Å². The Morgan fingerprint density at radius 3 is 2.47 bits per heavy atom. The lowest BCUT2D eigenvalue weighted by atomic mass is 9.99. The van der Waals surface area contributed by atoms with Crippen LogP contribution in [0.25, 0.3) is 11.0 Å². The Bertz CT molecular complexity index is 990. The van der Waals surface area contributed by atoms with Gasteiger partial charge in [-0.25, -0.2) is 9.97 Å². The van der Waals surface area contributed by atoms with Gasteiger partial charge in [-0.15, -0.1) is 13.2 Å². The topological polar surface area (TPSA) is 68.3 Å². The lowest BCUT2D eigenvalue weighted by molar-refractivity contribution is -0.274. The van der Waals surface area contributed by atoms with Gasteiger partial charge in [0, 0.05) is 11.4 Å². The minimum absolute atomic E-state index is 0.270. The fraction of sp³-hybridized carbons (Fsp3) is 0.333. The predicted octanol–water partition coefficient (Wildman–Crippen LogP) is 4.65. The molecule has 0 atom stereocenters. The van der Waals surface area contributed by atoms with E-state index >= 15 is 0 Å². The molecule has 0 unspecified atom stereocenters. The normalized spacial score (nSPS) is 15.2. The zero-order valence-corrected chi connectivity index (χ0v) is 16.1. The summed E-state index contributed by atoms with van der Waals surface area (Å²) >= 11 is 0. The number of hydrogen-bond donors (Lipinski definition) is 2. The number of fused-ring (bicyclic) bond motifs is 1. The average Bonchev–Trinajstić information content (AvgIpc) is 2.73. The molecular weight excluding hydrogens is 397 g/mol. The molecule has 1 saturated heterocycles. The summed E-state index contributed by atoms with van der Waals surface area (Å²) < 4.78 is 46.5. The van der Waals surface area contributed by atoms with Gasteiger partial charge in [-0.3, -0.25) is 0 Å². The number of nitrogens with one attached hydrogen (secondary N) is 2. The molecule has 2 heterocycles. The molecule has 2 N–H and O–H groups in total. The molecule has 158 valence electrons. The number of alkyl halides is 3. The van der Waals surface area contributed by atoms with Crippen LogP contribution in [0.15, 0.2) is 48.7 Å². The van der Waals surface area contributed by atoms with Crippen LogP contribution >= 0.6 is 0 Å². The summed E-state index contributed by atoms with van der Waals surface area (Å²) in [7, 11) is 0. The Kier molecular flexibility index (Phi) is 5.89. The van der Waals surface area contributed by atoms with Crippen molar-refractivity contribution in [3.63, 3.8) is 0 Å². The number of piperidine rings is 1. The Balaban J connectivity index is 1.42. The van der Waals surface area contributed by atoms with E-state index in [9.17, 15) is 13.2 Å². The molecule has 0 bridgehead atoms. The van der Waals surface area contributed by atoms with E-state index in [0.29, 0.717) is 29.6 Å². The first-order valence-corrected chi connectivity index (χ1v) is 9.68. The Hall–Kier alpha value is -3.07. The van der Waals surface area contributed by atoms with Gasteiger partial charge in [0.05, 0.1) is 23.8 Å². The maximum atomic E-state index is 12.3. The van der Waals surface area contributed by atoms with Gasteiger partial charge in [0.1, 0.15) is 5.75 Å². The zero-order valence-electron chi connectivity index (χ0n) is 16.1. The van der Waals surface area contributed by atoms with E-state index in [-0.39, 0.29) is 5.75 Å². The second-order valence-electron chi connectivity index (χ2n) is 7.11. The van der Waals surface area contributed by atoms with Gasteiger partial charge in [0.15, 0.2) is 0 Å². The average molecular weight is 418 g/mol. The molecule has 2 aromatic carbocycles. The molecule has 4 rings (SSSR count). The van der Waals surface area contributed by atoms with Crippen LogP contribution in [0.3, 0.4) is 0 Å². The molecule has 0 amide bonds. The SMILES string of the molecule is FC(F)(F)Oc1ccc(Nc2ccc3ncc(OCC4CCNCC4)nc3c2)cc1. The lowest BCUT2D eigenvalue weighted by Gasteiger charge is -2.22. The van der Waals surface area contributed by atoms with Crippen LogP contribution in [-0.2, 0) is 0 Å². The standard InChI is InChI=1S/C21H21F3N4O2/c22-21(23,24)30-17-4-1-15(2-5-17)27-16-3-6-18-19(11-16)28-20(12-26-18)29-13-14-7-9-25-10-8-14/h1-6,11-12,14,25,27H,7-10,13H2. The summed E-state index contributed by atoms with van der Waals surface area (Å²) in [5.74, 6) is 0.723. The summed E-state index contributed by atoms with van der Waals surface area (Å²) in [6.07, 6.45) is -0.917. The van der Waals surface area contributed by atoms with Gasteiger partial charge >= 0.3 is 6.36 Å². The Morgan fingerprint density at radius 2 is 1.73 bits per heavy atom. The van der Waals surface area contributed by atoms with Gasteiger partial charge in [0.2, 0.25) is 5.88 Å². The summed E-state index contributed by atoms with van der Waals surface area (Å²) in [6, 6.07) is 11.0. The molecular formula is C21H21F3N4O2. The first kappa shape index (κ1) is 20.2. The zero-order chi connectivity index (χ0) is 21.0. The molecule has 0 spiro atoms. The molecule has 1 fully saturated rings. The molecule has 0 saturated carbocycles. The molecule has 1 aliphatic heterocycles. The van der Waals surface area contributed by atoms with Gasteiger partial charge in [-0.05, 0) is 74.3 Å². The number of ether oxygens (including phenoxy) is 2. The van der Waals surface area contributed by atoms with Crippen molar-refractivity contribution in [1.29, 1.82) is 0 Å². The second-order valence-corrected chi connectivity index (χ2v) is 7.11. The van der Waals surface area contributed by atoms with E-state index in [2.05, 4.69) is 25.3 Å². The lowest BCUT2D eigenvalue weighted by Crippen LogP contribution is -2.30. The fourth-order valence-corrected chi connectivity index (χ4v) is 3.30. The van der Waals surface area contributed by atoms with E-state index in [1.807, 2.05) is 18.2 Å². The molecule has 3 aromatic rings. The summed E-state index contributed by atoms with van der Waals surface area (Å²) in [5, 5.41) is 6.47. The third-order valence-corrected chi connectivity index (χ3v) is 4.82. The highest BCUT2D eigenvalue weighted by Crippen LogP contribution is 2.26. The monoisotopic (exact) mass is 418 g/mol. The smallest absolute Gasteiger partial charge is 0.476 e. The number of halogens is 3. The largest absolute Gasteiger partial charge is 0.573 e.